The average Bonchev–Trinajstić information content (AvgIpc) is 3.15. The number of halogens is 5. The minimum Gasteiger partial charge on any atom is -0.495 e. The molecule has 1 aliphatic rings. The van der Waals surface area contributed by atoms with Crippen molar-refractivity contribution in [1.29, 1.82) is 0 Å². The lowest BCUT2D eigenvalue weighted by molar-refractivity contribution is -0.137. The van der Waals surface area contributed by atoms with E-state index in [4.69, 9.17) is 27.9 Å². The van der Waals surface area contributed by atoms with E-state index in [1.807, 2.05) is 0 Å². The first-order chi connectivity index (χ1) is 13.7. The molecule has 0 bridgehead atoms. The molecule has 7 nitrogen and oxygen atoms in total. The molecule has 0 radical (unpaired) electrons. The summed E-state index contributed by atoms with van der Waals surface area (Å²) in [4.78, 5) is 21.9. The van der Waals surface area contributed by atoms with Crippen molar-refractivity contribution in [2.24, 2.45) is 0 Å². The molecule has 3 rings (SSSR count). The van der Waals surface area contributed by atoms with Crippen LogP contribution in [-0.2, 0) is 11.0 Å². The van der Waals surface area contributed by atoms with Crippen molar-refractivity contribution in [2.45, 2.75) is 18.6 Å². The Morgan fingerprint density at radius 1 is 1.24 bits per heavy atom. The highest BCUT2D eigenvalue weighted by Crippen LogP contribution is 2.33. The van der Waals surface area contributed by atoms with Gasteiger partial charge in [0.1, 0.15) is 11.8 Å². The number of rotatable bonds is 5. The van der Waals surface area contributed by atoms with E-state index in [1.54, 1.807) is 23.2 Å². The van der Waals surface area contributed by atoms with Gasteiger partial charge in [-0.1, -0.05) is 29.3 Å². The third-order valence-electron chi connectivity index (χ3n) is 4.01. The van der Waals surface area contributed by atoms with Gasteiger partial charge >= 0.3 is 6.18 Å². The molecule has 1 unspecified atom stereocenters. The standard InChI is InChI=1S/C17H14Cl2F3N5O2/c1-29-10-6-12(19)15(24-8-10)27-4-2-3-13(27)16(28)26-25-14-11(18)5-9(7-23-14)17(20,21)22/h2,4-8,13H,3H2,1H3,(H,23,25)(H,26,28). The molecular formula is C17H14Cl2F3N5O2. The molecule has 29 heavy (non-hydrogen) atoms. The van der Waals surface area contributed by atoms with Gasteiger partial charge in [0.05, 0.1) is 28.9 Å². The Morgan fingerprint density at radius 2 is 2.00 bits per heavy atom. The van der Waals surface area contributed by atoms with Crippen molar-refractivity contribution in [1.82, 2.24) is 15.4 Å². The fourth-order valence-corrected chi connectivity index (χ4v) is 3.04. The van der Waals surface area contributed by atoms with Crippen LogP contribution in [0.15, 0.2) is 36.8 Å². The number of hydrogen-bond donors (Lipinski definition) is 2. The van der Waals surface area contributed by atoms with E-state index in [0.29, 0.717) is 30.3 Å². The summed E-state index contributed by atoms with van der Waals surface area (Å²) >= 11 is 12.0. The number of hydrogen-bond acceptors (Lipinski definition) is 6. The maximum absolute atomic E-state index is 12.7. The predicted octanol–water partition coefficient (Wildman–Crippen LogP) is 4.05. The summed E-state index contributed by atoms with van der Waals surface area (Å²) in [6.07, 6.45) is 1.30. The van der Waals surface area contributed by atoms with Crippen molar-refractivity contribution in [3.63, 3.8) is 0 Å². The maximum atomic E-state index is 12.7. The highest BCUT2D eigenvalue weighted by Gasteiger charge is 2.32. The number of nitrogens with one attached hydrogen (secondary N) is 2. The molecule has 0 spiro atoms. The number of aromatic nitrogens is 2. The Hall–Kier alpha value is -2.72. The molecule has 0 saturated carbocycles. The monoisotopic (exact) mass is 447 g/mol. The summed E-state index contributed by atoms with van der Waals surface area (Å²) in [6.45, 7) is 0. The zero-order valence-electron chi connectivity index (χ0n) is 14.8. The second-order valence-electron chi connectivity index (χ2n) is 5.89. The summed E-state index contributed by atoms with van der Waals surface area (Å²) in [5.41, 5.74) is 3.83. The molecule has 2 aromatic rings. The molecule has 1 aliphatic heterocycles. The number of pyridine rings is 2. The van der Waals surface area contributed by atoms with Gasteiger partial charge in [-0.15, -0.1) is 0 Å². The van der Waals surface area contributed by atoms with Crippen LogP contribution in [0.5, 0.6) is 5.75 Å². The summed E-state index contributed by atoms with van der Waals surface area (Å²) in [5.74, 6) is 0.215. The van der Waals surface area contributed by atoms with E-state index in [0.717, 1.165) is 0 Å². The van der Waals surface area contributed by atoms with Crippen LogP contribution < -0.4 is 20.5 Å². The molecule has 2 aromatic heterocycles. The van der Waals surface area contributed by atoms with Crippen LogP contribution in [0.2, 0.25) is 10.0 Å². The topological polar surface area (TPSA) is 79.4 Å². The summed E-state index contributed by atoms with van der Waals surface area (Å²) < 4.78 is 43.1. The fourth-order valence-electron chi connectivity index (χ4n) is 2.58. The van der Waals surface area contributed by atoms with E-state index in [2.05, 4.69) is 20.8 Å². The fraction of sp³-hybridized carbons (Fsp3) is 0.235. The maximum Gasteiger partial charge on any atom is 0.417 e. The third kappa shape index (κ3) is 4.65. The minimum atomic E-state index is -4.57. The molecule has 2 N–H and O–H groups in total. The Morgan fingerprint density at radius 3 is 2.62 bits per heavy atom. The number of anilines is 2. The van der Waals surface area contributed by atoms with Crippen LogP contribution in [0.3, 0.4) is 0 Å². The molecule has 12 heteroatoms. The highest BCUT2D eigenvalue weighted by molar-refractivity contribution is 6.33. The molecule has 154 valence electrons. The Bertz CT molecular complexity index is 955. The Kier molecular flexibility index (Phi) is 6.04. The first-order valence-electron chi connectivity index (χ1n) is 8.14. The Labute approximate surface area is 173 Å². The quantitative estimate of drug-likeness (QED) is 0.673. The SMILES string of the molecule is COc1cnc(N2C=CCC2C(=O)NNc2ncc(C(F)(F)F)cc2Cl)c(Cl)c1. The van der Waals surface area contributed by atoms with E-state index in [-0.39, 0.29) is 15.9 Å². The zero-order valence-corrected chi connectivity index (χ0v) is 16.3. The lowest BCUT2D eigenvalue weighted by atomic mass is 10.2. The van der Waals surface area contributed by atoms with E-state index in [1.165, 1.54) is 13.3 Å². The third-order valence-corrected chi connectivity index (χ3v) is 4.58. The van der Waals surface area contributed by atoms with Gasteiger partial charge in [0.15, 0.2) is 11.6 Å². The first-order valence-corrected chi connectivity index (χ1v) is 8.89. The van der Waals surface area contributed by atoms with Gasteiger partial charge in [0.2, 0.25) is 0 Å². The van der Waals surface area contributed by atoms with Gasteiger partial charge in [-0.05, 0) is 12.5 Å². The number of carbonyl (C=O) groups is 1. The number of methoxy groups -OCH3 is 1. The predicted molar refractivity (Wildman–Crippen MR) is 102 cm³/mol. The van der Waals surface area contributed by atoms with E-state index >= 15 is 0 Å². The molecule has 0 aliphatic carbocycles. The van der Waals surface area contributed by atoms with Gasteiger partial charge in [-0.25, -0.2) is 9.97 Å². The largest absolute Gasteiger partial charge is 0.495 e. The smallest absolute Gasteiger partial charge is 0.417 e. The van der Waals surface area contributed by atoms with Crippen molar-refractivity contribution in [2.75, 3.05) is 17.4 Å². The molecule has 1 amide bonds. The lowest BCUT2D eigenvalue weighted by Gasteiger charge is -2.25. The van der Waals surface area contributed by atoms with Gasteiger partial charge < -0.3 is 9.64 Å². The normalized spacial score (nSPS) is 16.1. The number of nitrogens with zero attached hydrogens (tertiary/aromatic N) is 3. The molecule has 0 saturated heterocycles. The first kappa shape index (κ1) is 21.0. The van der Waals surface area contributed by atoms with Gasteiger partial charge in [0.25, 0.3) is 5.91 Å². The van der Waals surface area contributed by atoms with Crippen molar-refractivity contribution in [3.8, 4) is 5.75 Å². The van der Waals surface area contributed by atoms with Gasteiger partial charge in [-0.3, -0.25) is 15.6 Å². The second-order valence-corrected chi connectivity index (χ2v) is 6.70. The van der Waals surface area contributed by atoms with Crippen LogP contribution in [0.1, 0.15) is 12.0 Å². The second kappa shape index (κ2) is 8.34. The van der Waals surface area contributed by atoms with Crippen LogP contribution in [0.25, 0.3) is 0 Å². The highest BCUT2D eigenvalue weighted by atomic mass is 35.5. The molecule has 0 aromatic carbocycles. The lowest BCUT2D eigenvalue weighted by Crippen LogP contribution is -2.45. The molecular weight excluding hydrogens is 434 g/mol. The van der Waals surface area contributed by atoms with Crippen molar-refractivity contribution < 1.29 is 22.7 Å². The average molecular weight is 448 g/mol. The number of hydrazine groups is 1. The van der Waals surface area contributed by atoms with Crippen LogP contribution >= 0.6 is 23.2 Å². The van der Waals surface area contributed by atoms with Crippen molar-refractivity contribution in [3.05, 3.63) is 52.4 Å². The van der Waals surface area contributed by atoms with Crippen LogP contribution in [-0.4, -0.2) is 29.0 Å². The summed E-state index contributed by atoms with van der Waals surface area (Å²) in [7, 11) is 1.48. The number of alkyl halides is 3. The number of ether oxygens (including phenoxy) is 1. The van der Waals surface area contributed by atoms with Gasteiger partial charge in [0, 0.05) is 18.5 Å². The minimum absolute atomic E-state index is 0.119. The van der Waals surface area contributed by atoms with Crippen LogP contribution in [0.4, 0.5) is 24.8 Å². The van der Waals surface area contributed by atoms with E-state index in [9.17, 15) is 18.0 Å². The zero-order chi connectivity index (χ0) is 21.2. The number of carbonyl (C=O) groups excluding carboxylic acids is 1. The van der Waals surface area contributed by atoms with Crippen molar-refractivity contribution >= 4 is 40.7 Å². The van der Waals surface area contributed by atoms with Crippen LogP contribution in [0, 0.1) is 0 Å². The molecule has 0 fully saturated rings. The summed E-state index contributed by atoms with van der Waals surface area (Å²) in [5, 5.41) is -0.00416. The molecule has 1 atom stereocenters. The van der Waals surface area contributed by atoms with Gasteiger partial charge in [-0.2, -0.15) is 13.2 Å². The summed E-state index contributed by atoms with van der Waals surface area (Å²) in [6, 6.07) is 1.59. The molecule has 3 heterocycles. The Balaban J connectivity index is 1.69. The van der Waals surface area contributed by atoms with E-state index < -0.39 is 23.7 Å². The number of amides is 1.